The number of thiazole rings is 1. The maximum atomic E-state index is 11.5. The minimum atomic E-state index is -0.365. The van der Waals surface area contributed by atoms with Crippen LogP contribution in [0.4, 0.5) is 5.13 Å². The topological polar surface area (TPSA) is 42.4 Å². The van der Waals surface area contributed by atoms with Crippen molar-refractivity contribution in [1.82, 2.24) is 4.98 Å². The zero-order valence-electron chi connectivity index (χ0n) is 10.8. The van der Waals surface area contributed by atoms with E-state index in [9.17, 15) is 4.79 Å². The molecule has 0 radical (unpaired) electrons. The molecule has 96 valence electrons. The van der Waals surface area contributed by atoms with Gasteiger partial charge in [0.1, 0.15) is 0 Å². The van der Waals surface area contributed by atoms with Crippen LogP contribution in [-0.2, 0) is 4.74 Å². The molecule has 0 fully saturated rings. The van der Waals surface area contributed by atoms with Crippen molar-refractivity contribution >= 4 is 34.2 Å². The van der Waals surface area contributed by atoms with Gasteiger partial charge in [0.2, 0.25) is 0 Å². The van der Waals surface area contributed by atoms with Crippen LogP contribution in [0, 0.1) is 6.92 Å². The van der Waals surface area contributed by atoms with Crippen molar-refractivity contribution in [3.8, 4) is 0 Å². The highest BCUT2D eigenvalue weighted by Crippen LogP contribution is 2.27. The van der Waals surface area contributed by atoms with Crippen molar-refractivity contribution in [3.05, 3.63) is 10.6 Å². The molecule has 0 spiro atoms. The summed E-state index contributed by atoms with van der Waals surface area (Å²) in [4.78, 5) is 18.8. The fourth-order valence-electron chi connectivity index (χ4n) is 1.36. The van der Waals surface area contributed by atoms with E-state index < -0.39 is 0 Å². The van der Waals surface area contributed by atoms with Crippen LogP contribution in [0.5, 0.6) is 0 Å². The Bertz CT molecular complexity index is 393. The highest BCUT2D eigenvalue weighted by Gasteiger charge is 2.19. The van der Waals surface area contributed by atoms with Crippen molar-refractivity contribution in [1.29, 1.82) is 0 Å². The minimum absolute atomic E-state index is 0.365. The van der Waals surface area contributed by atoms with E-state index in [1.54, 1.807) is 11.8 Å². The number of hydrogen-bond acceptors (Lipinski definition) is 6. The molecule has 1 aromatic heterocycles. The molecular weight excluding hydrogens is 256 g/mol. The predicted octanol–water partition coefficient (Wildman–Crippen LogP) is 2.43. The van der Waals surface area contributed by atoms with E-state index in [1.165, 1.54) is 18.4 Å². The standard InChI is InChI=1S/C11H18N2O2S2/c1-7(6-16-5)13(3)11-12-9(8(2)17-11)10(14)15-4/h7H,6H2,1-5H3. The van der Waals surface area contributed by atoms with Gasteiger partial charge in [0, 0.05) is 23.7 Å². The summed E-state index contributed by atoms with van der Waals surface area (Å²) in [6, 6.07) is 0.390. The fourth-order valence-corrected chi connectivity index (χ4v) is 3.03. The van der Waals surface area contributed by atoms with Gasteiger partial charge < -0.3 is 9.64 Å². The molecule has 1 aromatic rings. The summed E-state index contributed by atoms with van der Waals surface area (Å²) >= 11 is 3.32. The number of hydrogen-bond donors (Lipinski definition) is 0. The van der Waals surface area contributed by atoms with Crippen molar-refractivity contribution in [2.24, 2.45) is 0 Å². The summed E-state index contributed by atoms with van der Waals surface area (Å²) in [5.74, 6) is 0.666. The van der Waals surface area contributed by atoms with Gasteiger partial charge in [-0.2, -0.15) is 11.8 Å². The lowest BCUT2D eigenvalue weighted by atomic mass is 10.3. The summed E-state index contributed by atoms with van der Waals surface area (Å²) in [7, 11) is 3.38. The molecule has 1 heterocycles. The zero-order valence-corrected chi connectivity index (χ0v) is 12.4. The Kier molecular flexibility index (Phi) is 5.27. The average Bonchev–Trinajstić information content (AvgIpc) is 2.69. The molecule has 0 aliphatic carbocycles. The molecule has 0 bridgehead atoms. The first-order chi connectivity index (χ1) is 8.01. The molecule has 0 aromatic carbocycles. The van der Waals surface area contributed by atoms with E-state index in [0.717, 1.165) is 15.8 Å². The van der Waals surface area contributed by atoms with Crippen LogP contribution >= 0.6 is 23.1 Å². The highest BCUT2D eigenvalue weighted by atomic mass is 32.2. The van der Waals surface area contributed by atoms with Gasteiger partial charge in [-0.05, 0) is 20.1 Å². The smallest absolute Gasteiger partial charge is 0.357 e. The van der Waals surface area contributed by atoms with Gasteiger partial charge in [0.25, 0.3) is 0 Å². The maximum absolute atomic E-state index is 11.5. The van der Waals surface area contributed by atoms with Crippen molar-refractivity contribution in [2.45, 2.75) is 19.9 Å². The molecule has 0 saturated carbocycles. The second-order valence-corrected chi connectivity index (χ2v) is 5.90. The molecule has 0 aliphatic heterocycles. The fraction of sp³-hybridized carbons (Fsp3) is 0.636. The Morgan fingerprint density at radius 3 is 2.82 bits per heavy atom. The summed E-state index contributed by atoms with van der Waals surface area (Å²) in [6.45, 7) is 4.03. The van der Waals surface area contributed by atoms with Crippen molar-refractivity contribution < 1.29 is 9.53 Å². The van der Waals surface area contributed by atoms with E-state index in [1.807, 2.05) is 14.0 Å². The van der Waals surface area contributed by atoms with Gasteiger partial charge >= 0.3 is 5.97 Å². The maximum Gasteiger partial charge on any atom is 0.357 e. The number of anilines is 1. The third kappa shape index (κ3) is 3.35. The first kappa shape index (κ1) is 14.3. The first-order valence-corrected chi connectivity index (χ1v) is 7.49. The molecule has 0 saturated heterocycles. The van der Waals surface area contributed by atoms with Crippen LogP contribution in [0.15, 0.2) is 0 Å². The summed E-state index contributed by atoms with van der Waals surface area (Å²) in [5, 5.41) is 0.865. The van der Waals surface area contributed by atoms with Crippen LogP contribution in [-0.4, -0.2) is 43.2 Å². The van der Waals surface area contributed by atoms with Gasteiger partial charge in [-0.3, -0.25) is 0 Å². The SMILES string of the molecule is COC(=O)c1nc(N(C)C(C)CSC)sc1C. The lowest BCUT2D eigenvalue weighted by Gasteiger charge is -2.23. The van der Waals surface area contributed by atoms with Crippen LogP contribution in [0.25, 0.3) is 0 Å². The summed E-state index contributed by atoms with van der Waals surface area (Å²) in [6.07, 6.45) is 2.08. The van der Waals surface area contributed by atoms with E-state index in [2.05, 4.69) is 23.1 Å². The van der Waals surface area contributed by atoms with Crippen LogP contribution in [0.3, 0.4) is 0 Å². The number of nitrogens with zero attached hydrogens (tertiary/aromatic N) is 2. The summed E-state index contributed by atoms with van der Waals surface area (Å²) in [5.41, 5.74) is 0.427. The minimum Gasteiger partial charge on any atom is -0.464 e. The van der Waals surface area contributed by atoms with Crippen LogP contribution in [0.1, 0.15) is 22.3 Å². The molecular formula is C11H18N2O2S2. The largest absolute Gasteiger partial charge is 0.464 e. The number of aryl methyl sites for hydroxylation is 1. The number of ether oxygens (including phenoxy) is 1. The molecule has 1 rings (SSSR count). The van der Waals surface area contributed by atoms with E-state index in [-0.39, 0.29) is 5.97 Å². The Morgan fingerprint density at radius 2 is 2.29 bits per heavy atom. The number of carbonyl (C=O) groups excluding carboxylic acids is 1. The molecule has 4 nitrogen and oxygen atoms in total. The summed E-state index contributed by atoms with van der Waals surface area (Å²) < 4.78 is 4.70. The second kappa shape index (κ2) is 6.26. The second-order valence-electron chi connectivity index (χ2n) is 3.81. The third-order valence-corrected chi connectivity index (χ3v) is 4.41. The van der Waals surface area contributed by atoms with Crippen LogP contribution in [0.2, 0.25) is 0 Å². The lowest BCUT2D eigenvalue weighted by Crippen LogP contribution is -2.30. The third-order valence-electron chi connectivity index (χ3n) is 2.53. The molecule has 1 atom stereocenters. The molecule has 17 heavy (non-hydrogen) atoms. The van der Waals surface area contributed by atoms with E-state index >= 15 is 0 Å². The van der Waals surface area contributed by atoms with Gasteiger partial charge in [-0.15, -0.1) is 11.3 Å². The number of methoxy groups -OCH3 is 1. The number of carbonyl (C=O) groups is 1. The Hall–Kier alpha value is -0.750. The Balaban J connectivity index is 2.89. The van der Waals surface area contributed by atoms with E-state index in [4.69, 9.17) is 4.74 Å². The van der Waals surface area contributed by atoms with Gasteiger partial charge in [0.15, 0.2) is 10.8 Å². The Labute approximate surface area is 110 Å². The van der Waals surface area contributed by atoms with Gasteiger partial charge in [-0.1, -0.05) is 0 Å². The lowest BCUT2D eigenvalue weighted by molar-refractivity contribution is 0.0594. The molecule has 0 amide bonds. The van der Waals surface area contributed by atoms with Crippen LogP contribution < -0.4 is 4.90 Å². The highest BCUT2D eigenvalue weighted by molar-refractivity contribution is 7.98. The predicted molar refractivity (Wildman–Crippen MR) is 74.4 cm³/mol. The molecule has 6 heteroatoms. The van der Waals surface area contributed by atoms with Crippen molar-refractivity contribution in [3.63, 3.8) is 0 Å². The number of rotatable bonds is 5. The quantitative estimate of drug-likeness (QED) is 0.771. The molecule has 0 aliphatic rings. The monoisotopic (exact) mass is 274 g/mol. The Morgan fingerprint density at radius 1 is 1.65 bits per heavy atom. The number of thioether (sulfide) groups is 1. The molecule has 1 unspecified atom stereocenters. The number of aromatic nitrogens is 1. The average molecular weight is 274 g/mol. The number of esters is 1. The normalized spacial score (nSPS) is 12.3. The van der Waals surface area contributed by atoms with Gasteiger partial charge in [-0.25, -0.2) is 9.78 Å². The molecule has 0 N–H and O–H groups in total. The first-order valence-electron chi connectivity index (χ1n) is 5.28. The zero-order chi connectivity index (χ0) is 13.0. The van der Waals surface area contributed by atoms with Crippen molar-refractivity contribution in [2.75, 3.05) is 31.1 Å². The van der Waals surface area contributed by atoms with E-state index in [0.29, 0.717) is 11.7 Å². The van der Waals surface area contributed by atoms with Gasteiger partial charge in [0.05, 0.1) is 7.11 Å².